The number of hydrogen-bond acceptors (Lipinski definition) is 3. The van der Waals surface area contributed by atoms with Crippen molar-refractivity contribution in [3.05, 3.63) is 24.3 Å². The van der Waals surface area contributed by atoms with Crippen LogP contribution in [0.5, 0.6) is 5.75 Å². The molecule has 1 aromatic carbocycles. The van der Waals surface area contributed by atoms with Crippen molar-refractivity contribution in [2.45, 2.75) is 13.5 Å². The maximum absolute atomic E-state index is 11.8. The number of benzene rings is 1. The van der Waals surface area contributed by atoms with Crippen LogP contribution in [-0.4, -0.2) is 12.5 Å². The van der Waals surface area contributed by atoms with E-state index in [1.165, 1.54) is 31.2 Å². The zero-order valence-corrected chi connectivity index (χ0v) is 7.96. The summed E-state index contributed by atoms with van der Waals surface area (Å²) >= 11 is 0. The third kappa shape index (κ3) is 4.26. The molecule has 0 aromatic heterocycles. The first kappa shape index (κ1) is 11.2. The van der Waals surface area contributed by atoms with Gasteiger partial charge < -0.3 is 4.74 Å². The summed E-state index contributed by atoms with van der Waals surface area (Å²) in [6.45, 7) is -1.49. The van der Waals surface area contributed by atoms with Crippen molar-refractivity contribution in [1.29, 1.82) is 0 Å². The molecule has 4 nitrogen and oxygen atoms in total. The minimum Gasteiger partial charge on any atom is -0.435 e. The third-order valence-electron chi connectivity index (χ3n) is 1.46. The molecule has 1 amide bonds. The summed E-state index contributed by atoms with van der Waals surface area (Å²) < 4.78 is 27.7. The van der Waals surface area contributed by atoms with Gasteiger partial charge in [-0.15, -0.1) is 0 Å². The second-order valence-electron chi connectivity index (χ2n) is 2.71. The molecule has 0 aliphatic carbocycles. The number of carbonyl (C=O) groups is 1. The maximum Gasteiger partial charge on any atom is 0.387 e. The topological polar surface area (TPSA) is 50.4 Å². The van der Waals surface area contributed by atoms with Crippen molar-refractivity contribution in [3.63, 3.8) is 0 Å². The Morgan fingerprint density at radius 2 is 1.93 bits per heavy atom. The Hall–Kier alpha value is -1.85. The van der Waals surface area contributed by atoms with Crippen molar-refractivity contribution >= 4 is 11.6 Å². The molecule has 0 bridgehead atoms. The first-order chi connectivity index (χ1) is 7.08. The Kier molecular flexibility index (Phi) is 3.84. The molecule has 1 rings (SSSR count). The lowest BCUT2D eigenvalue weighted by atomic mass is 10.3. The normalized spacial score (nSPS) is 9.87. The van der Waals surface area contributed by atoms with Crippen molar-refractivity contribution in [2.24, 2.45) is 0 Å². The van der Waals surface area contributed by atoms with Crippen molar-refractivity contribution in [1.82, 2.24) is 5.43 Å². The average molecular weight is 216 g/mol. The van der Waals surface area contributed by atoms with Gasteiger partial charge in [-0.25, -0.2) is 0 Å². The van der Waals surface area contributed by atoms with Crippen molar-refractivity contribution in [3.8, 4) is 5.75 Å². The summed E-state index contributed by atoms with van der Waals surface area (Å²) in [5, 5.41) is 0. The number of hydrogen-bond donors (Lipinski definition) is 2. The molecule has 0 heterocycles. The minimum absolute atomic E-state index is 0.0679. The highest BCUT2D eigenvalue weighted by Crippen LogP contribution is 2.16. The number of hydrazine groups is 1. The first-order valence-electron chi connectivity index (χ1n) is 4.15. The molecule has 1 aromatic rings. The summed E-state index contributed by atoms with van der Waals surface area (Å²) in [4.78, 5) is 10.5. The third-order valence-corrected chi connectivity index (χ3v) is 1.46. The highest BCUT2D eigenvalue weighted by molar-refractivity contribution is 5.74. The SMILES string of the molecule is CC(=O)NNc1ccc(OC(F)F)cc1. The van der Waals surface area contributed by atoms with Gasteiger partial charge in [-0.2, -0.15) is 8.78 Å². The van der Waals surface area contributed by atoms with Crippen LogP contribution < -0.4 is 15.6 Å². The molecule has 6 heteroatoms. The Morgan fingerprint density at radius 3 is 2.40 bits per heavy atom. The predicted octanol–water partition coefficient (Wildman–Crippen LogP) is 1.75. The number of halogens is 2. The molecule has 0 unspecified atom stereocenters. The molecule has 2 N–H and O–H groups in total. The minimum atomic E-state index is -2.83. The molecule has 0 saturated heterocycles. The highest BCUT2D eigenvalue weighted by atomic mass is 19.3. The zero-order valence-electron chi connectivity index (χ0n) is 7.96. The van der Waals surface area contributed by atoms with E-state index in [4.69, 9.17) is 0 Å². The molecule has 82 valence electrons. The van der Waals surface area contributed by atoms with Gasteiger partial charge in [0.2, 0.25) is 5.91 Å². The fourth-order valence-electron chi connectivity index (χ4n) is 0.880. The van der Waals surface area contributed by atoms with E-state index in [2.05, 4.69) is 15.6 Å². The molecule has 0 saturated carbocycles. The Balaban J connectivity index is 2.52. The van der Waals surface area contributed by atoms with Gasteiger partial charge in [0.25, 0.3) is 0 Å². The summed E-state index contributed by atoms with van der Waals surface area (Å²) in [5.74, 6) is -0.179. The quantitative estimate of drug-likeness (QED) is 0.754. The van der Waals surface area contributed by atoms with E-state index in [1.807, 2.05) is 0 Å². The number of ether oxygens (including phenoxy) is 1. The second-order valence-corrected chi connectivity index (χ2v) is 2.71. The summed E-state index contributed by atoms with van der Waals surface area (Å²) in [5.41, 5.74) is 5.50. The lowest BCUT2D eigenvalue weighted by molar-refractivity contribution is -0.118. The van der Waals surface area contributed by atoms with Gasteiger partial charge in [-0.05, 0) is 24.3 Å². The molecule has 0 aliphatic rings. The molecule has 0 spiro atoms. The van der Waals surface area contributed by atoms with Gasteiger partial charge in [-0.1, -0.05) is 0 Å². The monoisotopic (exact) mass is 216 g/mol. The van der Waals surface area contributed by atoms with Gasteiger partial charge in [0.1, 0.15) is 5.75 Å². The average Bonchev–Trinajstić information content (AvgIpc) is 2.16. The van der Waals surface area contributed by atoms with Crippen LogP contribution >= 0.6 is 0 Å². The number of rotatable bonds is 4. The van der Waals surface area contributed by atoms with Crippen LogP contribution in [0.1, 0.15) is 6.92 Å². The van der Waals surface area contributed by atoms with E-state index in [0.717, 1.165) is 0 Å². The number of anilines is 1. The van der Waals surface area contributed by atoms with Gasteiger partial charge in [-0.3, -0.25) is 15.6 Å². The van der Waals surface area contributed by atoms with Crippen molar-refractivity contribution in [2.75, 3.05) is 5.43 Å². The smallest absolute Gasteiger partial charge is 0.387 e. The largest absolute Gasteiger partial charge is 0.435 e. The number of nitrogens with one attached hydrogen (secondary N) is 2. The molecule has 0 aliphatic heterocycles. The van der Waals surface area contributed by atoms with Crippen LogP contribution in [0.25, 0.3) is 0 Å². The Morgan fingerprint density at radius 1 is 1.33 bits per heavy atom. The summed E-state index contributed by atoms with van der Waals surface area (Å²) in [6.07, 6.45) is 0. The van der Waals surface area contributed by atoms with Crippen molar-refractivity contribution < 1.29 is 18.3 Å². The van der Waals surface area contributed by atoms with E-state index in [9.17, 15) is 13.6 Å². The number of alkyl halides is 2. The molecule has 15 heavy (non-hydrogen) atoms. The molecule has 0 atom stereocenters. The number of carbonyl (C=O) groups excluding carboxylic acids is 1. The predicted molar refractivity (Wildman–Crippen MR) is 50.5 cm³/mol. The van der Waals surface area contributed by atoms with Gasteiger partial charge >= 0.3 is 6.61 Å². The van der Waals surface area contributed by atoms with Crippen LogP contribution in [0, 0.1) is 0 Å². The lowest BCUT2D eigenvalue weighted by Gasteiger charge is -2.07. The van der Waals surface area contributed by atoms with E-state index in [1.54, 1.807) is 0 Å². The van der Waals surface area contributed by atoms with Crippen LogP contribution in [0.4, 0.5) is 14.5 Å². The molecule has 0 fully saturated rings. The van der Waals surface area contributed by atoms with E-state index in [0.29, 0.717) is 5.69 Å². The fraction of sp³-hybridized carbons (Fsp3) is 0.222. The maximum atomic E-state index is 11.8. The second kappa shape index (κ2) is 5.14. The highest BCUT2D eigenvalue weighted by Gasteiger charge is 2.03. The Labute approximate surface area is 85.2 Å². The standard InChI is InChI=1S/C9H10F2N2O2/c1-6(14)12-13-7-2-4-8(5-3-7)15-9(10)11/h2-5,9,13H,1H3,(H,12,14). The fourth-order valence-corrected chi connectivity index (χ4v) is 0.880. The molecular weight excluding hydrogens is 206 g/mol. The van der Waals surface area contributed by atoms with Crippen LogP contribution in [-0.2, 0) is 4.79 Å². The number of amides is 1. The van der Waals surface area contributed by atoms with Gasteiger partial charge in [0, 0.05) is 6.92 Å². The van der Waals surface area contributed by atoms with Gasteiger partial charge in [0.15, 0.2) is 0 Å². The van der Waals surface area contributed by atoms with E-state index >= 15 is 0 Å². The zero-order chi connectivity index (χ0) is 11.3. The summed E-state index contributed by atoms with van der Waals surface area (Å²) in [7, 11) is 0. The first-order valence-corrected chi connectivity index (χ1v) is 4.15. The van der Waals surface area contributed by atoms with E-state index in [-0.39, 0.29) is 11.7 Å². The van der Waals surface area contributed by atoms with Gasteiger partial charge in [0.05, 0.1) is 5.69 Å². The molecular formula is C9H10F2N2O2. The van der Waals surface area contributed by atoms with Crippen LogP contribution in [0.3, 0.4) is 0 Å². The Bertz CT molecular complexity index is 327. The van der Waals surface area contributed by atoms with Crippen LogP contribution in [0.2, 0.25) is 0 Å². The van der Waals surface area contributed by atoms with Crippen LogP contribution in [0.15, 0.2) is 24.3 Å². The molecule has 0 radical (unpaired) electrons. The summed E-state index contributed by atoms with van der Waals surface area (Å²) in [6, 6.07) is 5.76. The van der Waals surface area contributed by atoms with E-state index < -0.39 is 6.61 Å². The lowest BCUT2D eigenvalue weighted by Crippen LogP contribution is -2.26.